The van der Waals surface area contributed by atoms with E-state index in [0.29, 0.717) is 0 Å². The van der Waals surface area contributed by atoms with E-state index in [2.05, 4.69) is 96.3 Å². The molecule has 138 valence electrons. The maximum atomic E-state index is 2.29. The van der Waals surface area contributed by atoms with E-state index in [1.54, 1.807) is 0 Å². The van der Waals surface area contributed by atoms with Crippen LogP contribution in [0.1, 0.15) is 49.7 Å². The molecule has 2 heterocycles. The maximum Gasteiger partial charge on any atom is 0.171 e. The molecule has 2 aromatic heterocycles. The summed E-state index contributed by atoms with van der Waals surface area (Å²) in [5.74, 6) is 0. The van der Waals surface area contributed by atoms with Crippen molar-refractivity contribution >= 4 is 0 Å². The van der Waals surface area contributed by atoms with E-state index in [9.17, 15) is 0 Å². The maximum absolute atomic E-state index is 2.29. The molecule has 0 radical (unpaired) electrons. The van der Waals surface area contributed by atoms with Crippen LogP contribution >= 0.6 is 0 Å². The van der Waals surface area contributed by atoms with E-state index in [1.165, 1.54) is 49.7 Å². The molecule has 0 fully saturated rings. The Morgan fingerprint density at radius 3 is 1.58 bits per heavy atom. The van der Waals surface area contributed by atoms with Crippen LogP contribution in [0.15, 0.2) is 73.4 Å². The van der Waals surface area contributed by atoms with Gasteiger partial charge < -0.3 is 0 Å². The van der Waals surface area contributed by atoms with Crippen molar-refractivity contribution in [1.29, 1.82) is 0 Å². The fraction of sp³-hybridized carbons (Fsp3) is 0.417. The summed E-state index contributed by atoms with van der Waals surface area (Å²) in [6, 6.07) is 8.54. The van der Waals surface area contributed by atoms with Crippen molar-refractivity contribution in [3.63, 3.8) is 0 Å². The summed E-state index contributed by atoms with van der Waals surface area (Å²) in [4.78, 5) is 0. The molecule has 0 spiro atoms. The number of hydrogen-bond donors (Lipinski definition) is 0. The van der Waals surface area contributed by atoms with Gasteiger partial charge in [-0.3, -0.25) is 0 Å². The van der Waals surface area contributed by atoms with Crippen LogP contribution in [0.25, 0.3) is 0 Å². The lowest BCUT2D eigenvalue weighted by molar-refractivity contribution is -0.697. The molecule has 0 aliphatic rings. The zero-order chi connectivity index (χ0) is 18.5. The van der Waals surface area contributed by atoms with Gasteiger partial charge in [0, 0.05) is 36.1 Å². The fourth-order valence-corrected chi connectivity index (χ4v) is 3.05. The van der Waals surface area contributed by atoms with Crippen LogP contribution in [-0.2, 0) is 13.1 Å². The molecule has 26 heavy (non-hydrogen) atoms. The Hall–Kier alpha value is -2.22. The Labute approximate surface area is 159 Å². The van der Waals surface area contributed by atoms with Crippen LogP contribution < -0.4 is 9.13 Å². The number of aromatic nitrogens is 2. The number of unbranched alkanes of at least 4 members (excludes halogenated alkanes) is 4. The molecule has 0 bridgehead atoms. The van der Waals surface area contributed by atoms with Gasteiger partial charge in [0.2, 0.25) is 0 Å². The first-order valence-electron chi connectivity index (χ1n) is 9.97. The summed E-state index contributed by atoms with van der Waals surface area (Å²) < 4.78 is 4.57. The topological polar surface area (TPSA) is 7.76 Å². The molecule has 0 saturated carbocycles. The molecule has 0 amide bonds. The lowest BCUT2D eigenvalue weighted by Gasteiger charge is -1.97. The third kappa shape index (κ3) is 8.75. The highest BCUT2D eigenvalue weighted by molar-refractivity contribution is 5.03. The first-order chi connectivity index (χ1) is 12.7. The zero-order valence-electron chi connectivity index (χ0n) is 16.5. The quantitative estimate of drug-likeness (QED) is 0.305. The number of pyridine rings is 2. The SMILES string of the molecule is Cc1ccc[n+](CCCC/C=C\C=C/CCCC[n+]2cccc(C)c2)c1. The van der Waals surface area contributed by atoms with Gasteiger partial charge >= 0.3 is 0 Å². The predicted octanol–water partition coefficient (Wildman–Crippen LogP) is 5.03. The molecule has 2 nitrogen and oxygen atoms in total. The Morgan fingerprint density at radius 2 is 1.15 bits per heavy atom. The summed E-state index contributed by atoms with van der Waals surface area (Å²) in [6.45, 7) is 6.52. The molecule has 0 aliphatic carbocycles. The molecular weight excluding hydrogens is 316 g/mol. The zero-order valence-corrected chi connectivity index (χ0v) is 16.5. The Kier molecular flexibility index (Phi) is 9.42. The average molecular weight is 351 g/mol. The van der Waals surface area contributed by atoms with Crippen LogP contribution in [0.2, 0.25) is 0 Å². The second-order valence-corrected chi connectivity index (χ2v) is 7.09. The predicted molar refractivity (Wildman–Crippen MR) is 109 cm³/mol. The minimum Gasteiger partial charge on any atom is -0.205 e. The summed E-state index contributed by atoms with van der Waals surface area (Å²) >= 11 is 0. The molecule has 0 aromatic carbocycles. The minimum atomic E-state index is 1.12. The molecule has 0 saturated heterocycles. The van der Waals surface area contributed by atoms with Crippen molar-refractivity contribution in [3.05, 3.63) is 84.5 Å². The van der Waals surface area contributed by atoms with Gasteiger partial charge in [-0.2, -0.15) is 0 Å². The Balaban J connectivity index is 1.47. The molecule has 0 atom stereocenters. The highest BCUT2D eigenvalue weighted by Crippen LogP contribution is 2.00. The van der Waals surface area contributed by atoms with Gasteiger partial charge in [-0.1, -0.05) is 24.3 Å². The number of rotatable bonds is 11. The third-order valence-corrected chi connectivity index (χ3v) is 4.47. The standard InChI is InChI=1S/C24H34N2/c1-23-15-13-19-25(21-23)17-11-9-7-5-3-4-6-8-10-12-18-26-20-14-16-24(2)22-26/h3-6,13-16,19-22H,7-12,17-18H2,1-2H3/q+2/b5-3-,6-4-. The van der Waals surface area contributed by atoms with Crippen molar-refractivity contribution in [2.24, 2.45) is 0 Å². The first kappa shape index (κ1) is 20.1. The van der Waals surface area contributed by atoms with Crippen molar-refractivity contribution < 1.29 is 9.13 Å². The second-order valence-electron chi connectivity index (χ2n) is 7.09. The number of aryl methyl sites for hydroxylation is 4. The van der Waals surface area contributed by atoms with Crippen LogP contribution in [0.5, 0.6) is 0 Å². The lowest BCUT2D eigenvalue weighted by Crippen LogP contribution is -2.32. The summed E-state index contributed by atoms with van der Waals surface area (Å²) in [6.07, 6.45) is 25.0. The first-order valence-corrected chi connectivity index (χ1v) is 9.97. The van der Waals surface area contributed by atoms with Gasteiger partial charge in [-0.15, -0.1) is 0 Å². The number of allylic oxidation sites excluding steroid dienone is 4. The van der Waals surface area contributed by atoms with Crippen LogP contribution in [0.3, 0.4) is 0 Å². The third-order valence-electron chi connectivity index (χ3n) is 4.47. The lowest BCUT2D eigenvalue weighted by atomic mass is 10.2. The van der Waals surface area contributed by atoms with Crippen LogP contribution in [-0.4, -0.2) is 0 Å². The second kappa shape index (κ2) is 12.2. The normalized spacial score (nSPS) is 11.6. The van der Waals surface area contributed by atoms with E-state index in [0.717, 1.165) is 13.1 Å². The largest absolute Gasteiger partial charge is 0.205 e. The van der Waals surface area contributed by atoms with Crippen LogP contribution in [0.4, 0.5) is 0 Å². The van der Waals surface area contributed by atoms with Gasteiger partial charge in [0.25, 0.3) is 0 Å². The van der Waals surface area contributed by atoms with Gasteiger partial charge in [-0.25, -0.2) is 9.13 Å². The van der Waals surface area contributed by atoms with Gasteiger partial charge in [0.05, 0.1) is 0 Å². The monoisotopic (exact) mass is 350 g/mol. The number of nitrogens with zero attached hydrogens (tertiary/aromatic N) is 2. The molecule has 0 unspecified atom stereocenters. The molecule has 2 heteroatoms. The highest BCUT2D eigenvalue weighted by atomic mass is 14.9. The van der Waals surface area contributed by atoms with Gasteiger partial charge in [-0.05, 0) is 51.7 Å². The summed E-state index contributed by atoms with van der Waals surface area (Å²) in [5.41, 5.74) is 2.66. The van der Waals surface area contributed by atoms with Crippen LogP contribution in [0, 0.1) is 13.8 Å². The Bertz CT molecular complexity index is 639. The summed E-state index contributed by atoms with van der Waals surface area (Å²) in [5, 5.41) is 0. The van der Waals surface area contributed by atoms with Crippen molar-refractivity contribution in [2.45, 2.75) is 65.5 Å². The van der Waals surface area contributed by atoms with Crippen molar-refractivity contribution in [3.8, 4) is 0 Å². The highest BCUT2D eigenvalue weighted by Gasteiger charge is 1.99. The average Bonchev–Trinajstić information content (AvgIpc) is 2.63. The van der Waals surface area contributed by atoms with Crippen molar-refractivity contribution in [2.75, 3.05) is 0 Å². The minimum absolute atomic E-state index is 1.12. The molecule has 0 aliphatic heterocycles. The number of hydrogen-bond acceptors (Lipinski definition) is 0. The molecule has 0 N–H and O–H groups in total. The van der Waals surface area contributed by atoms with Crippen molar-refractivity contribution in [1.82, 2.24) is 0 Å². The Morgan fingerprint density at radius 1 is 0.692 bits per heavy atom. The molecule has 2 rings (SSSR count). The fourth-order valence-electron chi connectivity index (χ4n) is 3.05. The van der Waals surface area contributed by atoms with E-state index >= 15 is 0 Å². The van der Waals surface area contributed by atoms with E-state index < -0.39 is 0 Å². The van der Waals surface area contributed by atoms with Gasteiger partial charge in [0.15, 0.2) is 24.8 Å². The van der Waals surface area contributed by atoms with E-state index in [4.69, 9.17) is 0 Å². The molecular formula is C24H34N2+2. The smallest absolute Gasteiger partial charge is 0.171 e. The van der Waals surface area contributed by atoms with E-state index in [1.807, 2.05) is 0 Å². The van der Waals surface area contributed by atoms with Gasteiger partial charge in [0.1, 0.15) is 13.1 Å². The molecule has 2 aromatic rings. The van der Waals surface area contributed by atoms with E-state index in [-0.39, 0.29) is 0 Å². The summed E-state index contributed by atoms with van der Waals surface area (Å²) in [7, 11) is 0.